The Balaban J connectivity index is 1.38. The van der Waals surface area contributed by atoms with Gasteiger partial charge in [-0.05, 0) is 18.2 Å². The Kier molecular flexibility index (Phi) is 4.54. The van der Waals surface area contributed by atoms with E-state index in [2.05, 4.69) is 9.88 Å². The molecule has 2 aliphatic rings. The minimum absolute atomic E-state index is 0.142. The molecule has 0 spiro atoms. The summed E-state index contributed by atoms with van der Waals surface area (Å²) in [5.74, 6) is -0.686. The lowest BCUT2D eigenvalue weighted by atomic mass is 10.3. The maximum Gasteiger partial charge on any atom is 0.242 e. The highest BCUT2D eigenvalue weighted by molar-refractivity contribution is 7.22. The van der Waals surface area contributed by atoms with Crippen molar-refractivity contribution in [2.75, 3.05) is 37.6 Å². The number of rotatable bonds is 3. The number of halogens is 1. The van der Waals surface area contributed by atoms with Crippen molar-refractivity contribution >= 4 is 56.0 Å². The number of aromatic nitrogens is 1. The Bertz CT molecular complexity index is 875. The molecule has 0 atom stereocenters. The number of likely N-dealkylation sites (tertiary alicyclic amines) is 1. The molecule has 0 unspecified atom stereocenters. The Labute approximate surface area is 159 Å². The third kappa shape index (κ3) is 3.26. The molecule has 2 aliphatic heterocycles. The molecule has 9 heteroatoms. The van der Waals surface area contributed by atoms with Gasteiger partial charge in [0.25, 0.3) is 0 Å². The normalized spacial score (nSPS) is 18.3. The number of nitrogens with zero attached hydrogens (tertiary/aromatic N) is 4. The summed E-state index contributed by atoms with van der Waals surface area (Å²) in [5, 5.41) is 1.60. The first-order valence-electron chi connectivity index (χ1n) is 8.43. The van der Waals surface area contributed by atoms with Crippen molar-refractivity contribution in [3.63, 3.8) is 0 Å². The van der Waals surface area contributed by atoms with Gasteiger partial charge in [-0.2, -0.15) is 0 Å². The van der Waals surface area contributed by atoms with Crippen molar-refractivity contribution in [1.82, 2.24) is 14.8 Å². The standard InChI is InChI=1S/C17H17ClN4O3S/c18-11-1-2-12-13(9-11)26-17(19-12)21-7-5-20(6-8-21)16(25)10-22-14(23)3-4-15(22)24/h1-2,9H,3-8,10H2. The second-order valence-corrected chi connectivity index (χ2v) is 7.80. The molecule has 0 radical (unpaired) electrons. The predicted molar refractivity (Wildman–Crippen MR) is 99.4 cm³/mol. The topological polar surface area (TPSA) is 73.8 Å². The van der Waals surface area contributed by atoms with Crippen molar-refractivity contribution in [1.29, 1.82) is 0 Å². The number of anilines is 1. The number of hydrogen-bond donors (Lipinski definition) is 0. The molecular weight excluding hydrogens is 376 g/mol. The van der Waals surface area contributed by atoms with Gasteiger partial charge >= 0.3 is 0 Å². The van der Waals surface area contributed by atoms with Crippen LogP contribution >= 0.6 is 22.9 Å². The quantitative estimate of drug-likeness (QED) is 0.744. The number of carbonyl (C=O) groups excluding carboxylic acids is 3. The number of amides is 3. The van der Waals surface area contributed by atoms with Gasteiger partial charge in [-0.1, -0.05) is 22.9 Å². The molecule has 136 valence electrons. The van der Waals surface area contributed by atoms with Crippen LogP contribution in [-0.4, -0.2) is 65.2 Å². The van der Waals surface area contributed by atoms with E-state index in [-0.39, 0.29) is 37.1 Å². The van der Waals surface area contributed by atoms with Gasteiger partial charge in [0.2, 0.25) is 17.7 Å². The van der Waals surface area contributed by atoms with E-state index in [0.717, 1.165) is 20.2 Å². The van der Waals surface area contributed by atoms with Gasteiger partial charge in [-0.25, -0.2) is 4.98 Å². The van der Waals surface area contributed by atoms with Gasteiger partial charge in [0, 0.05) is 44.0 Å². The Hall–Kier alpha value is -2.19. The molecule has 7 nitrogen and oxygen atoms in total. The zero-order valence-electron chi connectivity index (χ0n) is 14.0. The number of carbonyl (C=O) groups is 3. The van der Waals surface area contributed by atoms with Crippen LogP contribution in [0.3, 0.4) is 0 Å². The van der Waals surface area contributed by atoms with Gasteiger partial charge in [-0.3, -0.25) is 19.3 Å². The molecule has 1 aromatic heterocycles. The van der Waals surface area contributed by atoms with E-state index in [4.69, 9.17) is 11.6 Å². The fourth-order valence-corrected chi connectivity index (χ4v) is 4.50. The molecule has 26 heavy (non-hydrogen) atoms. The number of imide groups is 1. The van der Waals surface area contributed by atoms with E-state index < -0.39 is 0 Å². The summed E-state index contributed by atoms with van der Waals surface area (Å²) >= 11 is 7.61. The summed E-state index contributed by atoms with van der Waals surface area (Å²) in [4.78, 5) is 45.3. The monoisotopic (exact) mass is 392 g/mol. The minimum Gasteiger partial charge on any atom is -0.345 e. The van der Waals surface area contributed by atoms with Crippen molar-refractivity contribution in [3.8, 4) is 0 Å². The van der Waals surface area contributed by atoms with Crippen LogP contribution in [0.5, 0.6) is 0 Å². The number of thiazole rings is 1. The average molecular weight is 393 g/mol. The van der Waals surface area contributed by atoms with E-state index >= 15 is 0 Å². The molecule has 4 rings (SSSR count). The van der Waals surface area contributed by atoms with Gasteiger partial charge in [0.1, 0.15) is 6.54 Å². The van der Waals surface area contributed by atoms with Crippen LogP contribution in [0, 0.1) is 0 Å². The van der Waals surface area contributed by atoms with E-state index in [1.165, 1.54) is 0 Å². The van der Waals surface area contributed by atoms with E-state index in [1.807, 2.05) is 18.2 Å². The summed E-state index contributed by atoms with van der Waals surface area (Å²) in [6.45, 7) is 2.29. The molecule has 1 aromatic carbocycles. The van der Waals surface area contributed by atoms with E-state index in [1.54, 1.807) is 16.2 Å². The highest BCUT2D eigenvalue weighted by atomic mass is 35.5. The summed E-state index contributed by atoms with van der Waals surface area (Å²) in [7, 11) is 0. The molecule has 0 N–H and O–H groups in total. The summed E-state index contributed by atoms with van der Waals surface area (Å²) < 4.78 is 1.04. The summed E-state index contributed by atoms with van der Waals surface area (Å²) in [6, 6.07) is 5.63. The molecule has 3 amide bonds. The molecule has 0 aliphatic carbocycles. The van der Waals surface area contributed by atoms with Crippen LogP contribution in [0.15, 0.2) is 18.2 Å². The molecular formula is C17H17ClN4O3S. The minimum atomic E-state index is -0.255. The van der Waals surface area contributed by atoms with Crippen LogP contribution in [-0.2, 0) is 14.4 Å². The van der Waals surface area contributed by atoms with E-state index in [0.29, 0.717) is 31.2 Å². The van der Waals surface area contributed by atoms with Crippen molar-refractivity contribution in [2.24, 2.45) is 0 Å². The molecule has 2 aromatic rings. The Morgan fingerprint density at radius 2 is 1.81 bits per heavy atom. The SMILES string of the molecule is O=C(CN1C(=O)CCC1=O)N1CCN(c2nc3ccc(Cl)cc3s2)CC1. The molecule has 2 fully saturated rings. The fraction of sp³-hybridized carbons (Fsp3) is 0.412. The molecule has 0 bridgehead atoms. The van der Waals surface area contributed by atoms with Gasteiger partial charge in [-0.15, -0.1) is 0 Å². The highest BCUT2D eigenvalue weighted by Gasteiger charge is 2.32. The van der Waals surface area contributed by atoms with Crippen LogP contribution in [0.4, 0.5) is 5.13 Å². The zero-order chi connectivity index (χ0) is 18.3. The van der Waals surface area contributed by atoms with Crippen LogP contribution in [0.2, 0.25) is 5.02 Å². The van der Waals surface area contributed by atoms with Gasteiger partial charge in [0.15, 0.2) is 5.13 Å². The average Bonchev–Trinajstić information content (AvgIpc) is 3.19. The summed E-state index contributed by atoms with van der Waals surface area (Å²) in [6.07, 6.45) is 0.420. The fourth-order valence-electron chi connectivity index (χ4n) is 3.20. The van der Waals surface area contributed by atoms with Gasteiger partial charge < -0.3 is 9.80 Å². The number of piperazine rings is 1. The lowest BCUT2D eigenvalue weighted by molar-refractivity contribution is -0.145. The second kappa shape index (κ2) is 6.85. The van der Waals surface area contributed by atoms with Crippen LogP contribution in [0.25, 0.3) is 10.2 Å². The largest absolute Gasteiger partial charge is 0.345 e. The lowest BCUT2D eigenvalue weighted by Crippen LogP contribution is -2.51. The van der Waals surface area contributed by atoms with E-state index in [9.17, 15) is 14.4 Å². The number of benzene rings is 1. The lowest BCUT2D eigenvalue weighted by Gasteiger charge is -2.35. The third-order valence-electron chi connectivity index (χ3n) is 4.69. The maximum absolute atomic E-state index is 12.4. The van der Waals surface area contributed by atoms with Crippen molar-refractivity contribution in [2.45, 2.75) is 12.8 Å². The summed E-state index contributed by atoms with van der Waals surface area (Å²) in [5.41, 5.74) is 0.916. The van der Waals surface area contributed by atoms with Crippen molar-refractivity contribution < 1.29 is 14.4 Å². The third-order valence-corrected chi connectivity index (χ3v) is 6.00. The number of fused-ring (bicyclic) bond motifs is 1. The van der Waals surface area contributed by atoms with Crippen LogP contribution in [0.1, 0.15) is 12.8 Å². The first-order valence-corrected chi connectivity index (χ1v) is 9.63. The maximum atomic E-state index is 12.4. The highest BCUT2D eigenvalue weighted by Crippen LogP contribution is 2.31. The molecule has 3 heterocycles. The second-order valence-electron chi connectivity index (χ2n) is 6.35. The number of hydrogen-bond acceptors (Lipinski definition) is 6. The first-order chi connectivity index (χ1) is 12.5. The van der Waals surface area contributed by atoms with Gasteiger partial charge in [0.05, 0.1) is 10.2 Å². The Morgan fingerprint density at radius 1 is 1.12 bits per heavy atom. The molecule has 0 saturated carbocycles. The molecule has 2 saturated heterocycles. The Morgan fingerprint density at radius 3 is 2.50 bits per heavy atom. The van der Waals surface area contributed by atoms with Crippen LogP contribution < -0.4 is 4.90 Å². The first kappa shape index (κ1) is 17.2. The smallest absolute Gasteiger partial charge is 0.242 e. The zero-order valence-corrected chi connectivity index (χ0v) is 15.6. The van der Waals surface area contributed by atoms with Crippen molar-refractivity contribution in [3.05, 3.63) is 23.2 Å². The predicted octanol–water partition coefficient (Wildman–Crippen LogP) is 1.75.